The van der Waals surface area contributed by atoms with Crippen LogP contribution in [0.4, 0.5) is 24.5 Å². The third-order valence-corrected chi connectivity index (χ3v) is 7.96. The van der Waals surface area contributed by atoms with Crippen LogP contribution < -0.4 is 15.4 Å². The summed E-state index contributed by atoms with van der Waals surface area (Å²) in [5.74, 6) is 5.95. The molecule has 13 heteroatoms. The Morgan fingerprint density at radius 1 is 1.15 bits per heavy atom. The predicted molar refractivity (Wildman–Crippen MR) is 151 cm³/mol. The Balaban J connectivity index is 1.54. The number of alkyl halides is 3. The van der Waals surface area contributed by atoms with Crippen molar-refractivity contribution in [1.82, 2.24) is 14.3 Å². The number of halogens is 3. The number of anilines is 2. The number of hydrogen-bond acceptors (Lipinski definition) is 8. The summed E-state index contributed by atoms with van der Waals surface area (Å²) in [4.78, 5) is 6.95. The van der Waals surface area contributed by atoms with E-state index in [1.807, 2.05) is 6.07 Å². The highest BCUT2D eigenvalue weighted by molar-refractivity contribution is 7.90. The number of benzene rings is 1. The molecule has 0 saturated carbocycles. The van der Waals surface area contributed by atoms with Crippen molar-refractivity contribution in [1.29, 1.82) is 0 Å². The van der Waals surface area contributed by atoms with Gasteiger partial charge in [0.25, 0.3) is 0 Å². The number of methoxy groups -OCH3 is 2. The smallest absolute Gasteiger partial charge is 0.394 e. The number of nitrogens with one attached hydrogen (secondary N) is 2. The first kappa shape index (κ1) is 30.5. The molecule has 1 aromatic carbocycles. The van der Waals surface area contributed by atoms with Crippen molar-refractivity contribution in [3.05, 3.63) is 47.9 Å². The Labute approximate surface area is 238 Å². The van der Waals surface area contributed by atoms with Gasteiger partial charge in [-0.2, -0.15) is 13.2 Å². The number of piperidine rings is 1. The molecule has 3 aromatic rings. The minimum Gasteiger partial charge on any atom is -0.495 e. The van der Waals surface area contributed by atoms with Gasteiger partial charge in [0.2, 0.25) is 0 Å². The number of fused-ring (bicyclic) bond motifs is 1. The molecule has 3 heterocycles. The van der Waals surface area contributed by atoms with Gasteiger partial charge in [0, 0.05) is 51.3 Å². The molecular formula is C28H34F3N5O4S. The molecule has 2 aromatic heterocycles. The Bertz CT molecular complexity index is 1520. The van der Waals surface area contributed by atoms with E-state index >= 15 is 0 Å². The molecule has 222 valence electrons. The topological polar surface area (TPSA) is 97.2 Å². The highest BCUT2D eigenvalue weighted by atomic mass is 32.2. The number of hydrogen-bond donors (Lipinski definition) is 2. The molecule has 1 aliphatic heterocycles. The molecule has 2 N–H and O–H groups in total. The van der Waals surface area contributed by atoms with Crippen molar-refractivity contribution in [2.75, 3.05) is 63.9 Å². The number of imidazole rings is 1. The van der Waals surface area contributed by atoms with E-state index in [0.29, 0.717) is 29.4 Å². The summed E-state index contributed by atoms with van der Waals surface area (Å²) >= 11 is 0. The second kappa shape index (κ2) is 13.0. The number of ether oxygens (including phenoxy) is 2. The summed E-state index contributed by atoms with van der Waals surface area (Å²) in [7, 11) is -0.323. The second-order valence-electron chi connectivity index (χ2n) is 9.86. The second-order valence-corrected chi connectivity index (χ2v) is 11.9. The largest absolute Gasteiger partial charge is 0.495 e. The maximum atomic E-state index is 13.5. The fourth-order valence-electron chi connectivity index (χ4n) is 4.74. The SMILES string of the molecule is COCCN1CCC(Nc2cccn3c(CC(F)(F)F)c(C#CCNc4ccc(S(C)(=O)=O)cc4OC)nc23)CC1. The number of likely N-dealkylation sites (tertiary alicyclic amines) is 1. The molecule has 0 radical (unpaired) electrons. The standard InChI is InChI=1S/C28H34F3N5O4S/c1-39-17-16-35-14-10-20(11-15-35)33-24-7-5-13-36-25(19-28(29,30)31)22(34-27(24)36)6-4-12-32-23-9-8-21(41(3,37)38)18-26(23)40-2/h5,7-9,13,18,20,32-33H,10-12,14-17,19H2,1-3H3. The van der Waals surface area contributed by atoms with Crippen LogP contribution in [0.5, 0.6) is 5.75 Å². The van der Waals surface area contributed by atoms with Crippen LogP contribution in [0.25, 0.3) is 5.65 Å². The van der Waals surface area contributed by atoms with E-state index in [9.17, 15) is 21.6 Å². The van der Waals surface area contributed by atoms with Gasteiger partial charge in [-0.1, -0.05) is 5.92 Å². The average Bonchev–Trinajstić information content (AvgIpc) is 3.26. The molecule has 0 atom stereocenters. The third-order valence-electron chi connectivity index (χ3n) is 6.85. The molecule has 1 fully saturated rings. The number of aromatic nitrogens is 2. The summed E-state index contributed by atoms with van der Waals surface area (Å²) < 4.78 is 76.2. The van der Waals surface area contributed by atoms with Crippen molar-refractivity contribution in [3.63, 3.8) is 0 Å². The van der Waals surface area contributed by atoms with Gasteiger partial charge >= 0.3 is 6.18 Å². The lowest BCUT2D eigenvalue weighted by molar-refractivity contribution is -0.128. The van der Waals surface area contributed by atoms with E-state index in [0.717, 1.165) is 38.7 Å². The van der Waals surface area contributed by atoms with Crippen LogP contribution in [0.3, 0.4) is 0 Å². The lowest BCUT2D eigenvalue weighted by Gasteiger charge is -2.32. The monoisotopic (exact) mass is 593 g/mol. The van der Waals surface area contributed by atoms with Crippen molar-refractivity contribution < 1.29 is 31.1 Å². The summed E-state index contributed by atoms with van der Waals surface area (Å²) in [5.41, 5.74) is 1.57. The third kappa shape index (κ3) is 8.06. The summed E-state index contributed by atoms with van der Waals surface area (Å²) in [6.07, 6.45) is -1.16. The van der Waals surface area contributed by atoms with E-state index in [1.165, 1.54) is 23.6 Å². The van der Waals surface area contributed by atoms with Crippen LogP contribution >= 0.6 is 0 Å². The fraction of sp³-hybridized carbons (Fsp3) is 0.464. The lowest BCUT2D eigenvalue weighted by atomic mass is 10.0. The Hall–Kier alpha value is -3.47. The van der Waals surface area contributed by atoms with Crippen LogP contribution in [0.1, 0.15) is 24.2 Å². The van der Waals surface area contributed by atoms with Crippen molar-refractivity contribution >= 4 is 26.9 Å². The van der Waals surface area contributed by atoms with E-state index in [-0.39, 0.29) is 28.9 Å². The summed E-state index contributed by atoms with van der Waals surface area (Å²) in [5, 5.41) is 6.50. The fourth-order valence-corrected chi connectivity index (χ4v) is 5.38. The molecule has 0 amide bonds. The first-order valence-corrected chi connectivity index (χ1v) is 15.0. The quantitative estimate of drug-likeness (QED) is 0.343. The molecule has 9 nitrogen and oxygen atoms in total. The first-order valence-electron chi connectivity index (χ1n) is 13.1. The first-order chi connectivity index (χ1) is 19.5. The van der Waals surface area contributed by atoms with Crippen LogP contribution in [0, 0.1) is 11.8 Å². The van der Waals surface area contributed by atoms with Crippen molar-refractivity contribution in [2.45, 2.75) is 36.4 Å². The number of pyridine rings is 1. The van der Waals surface area contributed by atoms with E-state index < -0.39 is 22.4 Å². The maximum Gasteiger partial charge on any atom is 0.394 e. The molecule has 0 bridgehead atoms. The van der Waals surface area contributed by atoms with E-state index in [2.05, 4.69) is 32.4 Å². The van der Waals surface area contributed by atoms with Crippen molar-refractivity contribution in [3.8, 4) is 17.6 Å². The molecule has 0 spiro atoms. The minimum atomic E-state index is -4.45. The number of rotatable bonds is 10. The molecule has 1 saturated heterocycles. The van der Waals surface area contributed by atoms with Crippen molar-refractivity contribution in [2.24, 2.45) is 0 Å². The van der Waals surface area contributed by atoms with Gasteiger partial charge < -0.3 is 29.4 Å². The molecule has 1 aliphatic rings. The zero-order valence-corrected chi connectivity index (χ0v) is 24.0. The summed E-state index contributed by atoms with van der Waals surface area (Å²) in [6.45, 7) is 3.43. The van der Waals surface area contributed by atoms with Crippen LogP contribution in [-0.2, 0) is 21.0 Å². The normalized spacial score (nSPS) is 15.0. The van der Waals surface area contributed by atoms with Gasteiger partial charge in [0.05, 0.1) is 48.6 Å². The lowest BCUT2D eigenvalue weighted by Crippen LogP contribution is -2.40. The van der Waals surface area contributed by atoms with E-state index in [1.54, 1.807) is 25.4 Å². The number of sulfone groups is 1. The van der Waals surface area contributed by atoms with Gasteiger partial charge in [0.1, 0.15) is 11.4 Å². The van der Waals surface area contributed by atoms with Crippen LogP contribution in [0.15, 0.2) is 41.4 Å². The number of nitrogens with zero attached hydrogens (tertiary/aromatic N) is 3. The average molecular weight is 594 g/mol. The van der Waals surface area contributed by atoms with Gasteiger partial charge in [0.15, 0.2) is 15.5 Å². The zero-order chi connectivity index (χ0) is 29.6. The van der Waals surface area contributed by atoms with Gasteiger partial charge in [-0.05, 0) is 43.0 Å². The Morgan fingerprint density at radius 2 is 1.90 bits per heavy atom. The van der Waals surface area contributed by atoms with Crippen LogP contribution in [-0.4, -0.2) is 88.2 Å². The van der Waals surface area contributed by atoms with Gasteiger partial charge in [-0.15, -0.1) is 0 Å². The summed E-state index contributed by atoms with van der Waals surface area (Å²) in [6, 6.07) is 8.09. The molecule has 0 unspecified atom stereocenters. The minimum absolute atomic E-state index is 0.0341. The maximum absolute atomic E-state index is 13.5. The highest BCUT2D eigenvalue weighted by Gasteiger charge is 2.32. The van der Waals surface area contributed by atoms with Gasteiger partial charge in [-0.3, -0.25) is 0 Å². The molecule has 4 rings (SSSR count). The highest BCUT2D eigenvalue weighted by Crippen LogP contribution is 2.29. The molecular weight excluding hydrogens is 559 g/mol. The predicted octanol–water partition coefficient (Wildman–Crippen LogP) is 3.84. The van der Waals surface area contributed by atoms with Crippen LogP contribution in [0.2, 0.25) is 0 Å². The Kier molecular flexibility index (Phi) is 9.68. The molecule has 41 heavy (non-hydrogen) atoms. The molecule has 0 aliphatic carbocycles. The zero-order valence-electron chi connectivity index (χ0n) is 23.2. The van der Waals surface area contributed by atoms with E-state index in [4.69, 9.17) is 9.47 Å². The van der Waals surface area contributed by atoms with Gasteiger partial charge in [-0.25, -0.2) is 13.4 Å². The Morgan fingerprint density at radius 3 is 2.56 bits per heavy atom.